The molecule has 2 amide bonds. The second-order valence-electron chi connectivity index (χ2n) is 9.91. The highest BCUT2D eigenvalue weighted by Crippen LogP contribution is 2.39. The number of ether oxygens (including phenoxy) is 1. The number of aromatic nitrogens is 3. The van der Waals surface area contributed by atoms with E-state index in [-0.39, 0.29) is 12.1 Å². The van der Waals surface area contributed by atoms with Gasteiger partial charge in [-0.3, -0.25) is 0 Å². The summed E-state index contributed by atoms with van der Waals surface area (Å²) in [7, 11) is 0. The number of anilines is 1. The molecule has 0 aliphatic carbocycles. The first kappa shape index (κ1) is 25.5. The van der Waals surface area contributed by atoms with Crippen molar-refractivity contribution in [2.24, 2.45) is 0 Å². The molecule has 5 aromatic rings. The van der Waals surface area contributed by atoms with Gasteiger partial charge < -0.3 is 19.5 Å². The van der Waals surface area contributed by atoms with Crippen molar-refractivity contribution < 1.29 is 9.53 Å². The molecule has 7 nitrogen and oxygen atoms in total. The summed E-state index contributed by atoms with van der Waals surface area (Å²) in [5, 5.41) is 8.17. The largest absolute Gasteiger partial charge is 0.494 e. The van der Waals surface area contributed by atoms with E-state index in [4.69, 9.17) is 9.84 Å². The Morgan fingerprint density at radius 1 is 0.975 bits per heavy atom. The SMILES string of the molecule is CCOc1cccc([C@H]2c3cccn3-c3c(c(C)nn3-c3ccccc3)CN2C(=O)Nc2ccccc2CC)c1. The minimum atomic E-state index is -0.361. The van der Waals surface area contributed by atoms with Crippen molar-refractivity contribution in [2.45, 2.75) is 39.8 Å². The second kappa shape index (κ2) is 10.8. The van der Waals surface area contributed by atoms with Crippen LogP contribution >= 0.6 is 0 Å². The van der Waals surface area contributed by atoms with Gasteiger partial charge in [0.1, 0.15) is 11.6 Å². The first-order valence-electron chi connectivity index (χ1n) is 13.8. The number of hydrogen-bond donors (Lipinski definition) is 1. The Morgan fingerprint density at radius 3 is 2.58 bits per heavy atom. The molecule has 1 atom stereocenters. The van der Waals surface area contributed by atoms with E-state index in [0.29, 0.717) is 13.2 Å². The lowest BCUT2D eigenvalue weighted by atomic mass is 10.0. The number of hydrogen-bond acceptors (Lipinski definition) is 3. The Morgan fingerprint density at radius 2 is 1.77 bits per heavy atom. The number of amides is 2. The van der Waals surface area contributed by atoms with Crippen LogP contribution in [-0.4, -0.2) is 31.9 Å². The van der Waals surface area contributed by atoms with E-state index in [9.17, 15) is 4.79 Å². The third-order valence-corrected chi connectivity index (χ3v) is 7.47. The minimum absolute atomic E-state index is 0.167. The zero-order chi connectivity index (χ0) is 27.6. The highest BCUT2D eigenvalue weighted by Gasteiger charge is 2.36. The molecular formula is C33H33N5O2. The maximum absolute atomic E-state index is 14.3. The van der Waals surface area contributed by atoms with E-state index in [1.54, 1.807) is 0 Å². The summed E-state index contributed by atoms with van der Waals surface area (Å²) in [6, 6.07) is 29.8. The van der Waals surface area contributed by atoms with E-state index in [1.807, 2.05) is 84.1 Å². The maximum Gasteiger partial charge on any atom is 0.322 e. The average molecular weight is 532 g/mol. The Bertz CT molecular complexity index is 1650. The smallest absolute Gasteiger partial charge is 0.322 e. The van der Waals surface area contributed by atoms with Gasteiger partial charge in [0, 0.05) is 17.4 Å². The lowest BCUT2D eigenvalue weighted by Crippen LogP contribution is -2.38. The van der Waals surface area contributed by atoms with E-state index in [0.717, 1.165) is 57.4 Å². The van der Waals surface area contributed by atoms with Crippen LogP contribution in [0, 0.1) is 6.92 Å². The zero-order valence-corrected chi connectivity index (χ0v) is 23.0. The number of carbonyl (C=O) groups is 1. The van der Waals surface area contributed by atoms with Crippen molar-refractivity contribution in [3.05, 3.63) is 125 Å². The van der Waals surface area contributed by atoms with E-state index >= 15 is 0 Å². The van der Waals surface area contributed by atoms with Crippen LogP contribution in [-0.2, 0) is 13.0 Å². The highest BCUT2D eigenvalue weighted by molar-refractivity contribution is 5.91. The quantitative estimate of drug-likeness (QED) is 0.255. The normalized spacial score (nSPS) is 14.3. The first-order valence-corrected chi connectivity index (χ1v) is 13.8. The average Bonchev–Trinajstić information content (AvgIpc) is 3.54. The van der Waals surface area contributed by atoms with Crippen LogP contribution in [0.3, 0.4) is 0 Å². The molecule has 1 aliphatic heterocycles. The van der Waals surface area contributed by atoms with Gasteiger partial charge in [0.05, 0.1) is 36.3 Å². The fourth-order valence-corrected chi connectivity index (χ4v) is 5.58. The van der Waals surface area contributed by atoms with Crippen molar-refractivity contribution in [3.8, 4) is 17.3 Å². The van der Waals surface area contributed by atoms with Crippen LogP contribution in [0.2, 0.25) is 0 Å². The summed E-state index contributed by atoms with van der Waals surface area (Å²) < 4.78 is 10.0. The second-order valence-corrected chi connectivity index (χ2v) is 9.91. The van der Waals surface area contributed by atoms with E-state index < -0.39 is 0 Å². The molecule has 40 heavy (non-hydrogen) atoms. The van der Waals surface area contributed by atoms with Gasteiger partial charge in [-0.25, -0.2) is 9.48 Å². The molecule has 0 saturated carbocycles. The van der Waals surface area contributed by atoms with Gasteiger partial charge in [0.25, 0.3) is 0 Å². The summed E-state index contributed by atoms with van der Waals surface area (Å²) in [5.41, 5.74) is 6.73. The molecule has 0 fully saturated rings. The van der Waals surface area contributed by atoms with Gasteiger partial charge in [-0.2, -0.15) is 5.10 Å². The molecule has 7 heteroatoms. The molecular weight excluding hydrogens is 498 g/mol. The number of carbonyl (C=O) groups excluding carboxylic acids is 1. The summed E-state index contributed by atoms with van der Waals surface area (Å²) in [6.07, 6.45) is 2.88. The van der Waals surface area contributed by atoms with Crippen LogP contribution in [0.15, 0.2) is 97.2 Å². The van der Waals surface area contributed by atoms with Crippen molar-refractivity contribution in [1.29, 1.82) is 0 Å². The Hall–Kier alpha value is -4.78. The molecule has 0 bridgehead atoms. The fraction of sp³-hybridized carbons (Fsp3) is 0.212. The molecule has 3 heterocycles. The fourth-order valence-electron chi connectivity index (χ4n) is 5.58. The molecule has 0 radical (unpaired) electrons. The third-order valence-electron chi connectivity index (χ3n) is 7.47. The Labute approximate surface area is 234 Å². The lowest BCUT2D eigenvalue weighted by Gasteiger charge is -2.31. The van der Waals surface area contributed by atoms with Crippen LogP contribution < -0.4 is 10.1 Å². The molecule has 2 aromatic heterocycles. The summed E-state index contributed by atoms with van der Waals surface area (Å²) in [4.78, 5) is 16.2. The predicted octanol–water partition coefficient (Wildman–Crippen LogP) is 7.07. The van der Waals surface area contributed by atoms with E-state index in [2.05, 4.69) is 53.3 Å². The summed E-state index contributed by atoms with van der Waals surface area (Å²) in [5.74, 6) is 1.72. The summed E-state index contributed by atoms with van der Waals surface area (Å²) >= 11 is 0. The van der Waals surface area contributed by atoms with Crippen molar-refractivity contribution >= 4 is 11.7 Å². The minimum Gasteiger partial charge on any atom is -0.494 e. The number of rotatable bonds is 6. The van der Waals surface area contributed by atoms with Crippen LogP contribution in [0.25, 0.3) is 11.5 Å². The van der Waals surface area contributed by atoms with Crippen LogP contribution in [0.5, 0.6) is 5.75 Å². The van der Waals surface area contributed by atoms with Gasteiger partial charge in [0.15, 0.2) is 0 Å². The first-order chi connectivity index (χ1) is 19.6. The number of aryl methyl sites for hydroxylation is 2. The Kier molecular flexibility index (Phi) is 6.86. The number of para-hydroxylation sites is 2. The van der Waals surface area contributed by atoms with Gasteiger partial charge in [-0.15, -0.1) is 0 Å². The standard InChI is InChI=1S/C33H33N5O2/c1-4-24-13-9-10-18-29(24)34-33(39)37-22-28-23(3)35-38(26-15-7-6-8-16-26)32(28)36-20-12-19-30(36)31(37)25-14-11-17-27(21-25)40-5-2/h6-21,31H,4-5,22H2,1-3H3,(H,34,39)/t31-/m0/s1. The zero-order valence-electron chi connectivity index (χ0n) is 23.0. The molecule has 0 spiro atoms. The van der Waals surface area contributed by atoms with Gasteiger partial charge in [0.2, 0.25) is 0 Å². The van der Waals surface area contributed by atoms with Crippen LogP contribution in [0.1, 0.15) is 48.0 Å². The number of nitrogens with one attached hydrogen (secondary N) is 1. The van der Waals surface area contributed by atoms with Crippen molar-refractivity contribution in [3.63, 3.8) is 0 Å². The molecule has 1 N–H and O–H groups in total. The number of nitrogens with zero attached hydrogens (tertiary/aromatic N) is 4. The monoisotopic (exact) mass is 531 g/mol. The number of fused-ring (bicyclic) bond motifs is 3. The molecule has 0 unspecified atom stereocenters. The molecule has 1 aliphatic rings. The van der Waals surface area contributed by atoms with E-state index in [1.165, 1.54) is 0 Å². The molecule has 0 saturated heterocycles. The molecule has 3 aromatic carbocycles. The van der Waals surface area contributed by atoms with Crippen LogP contribution in [0.4, 0.5) is 10.5 Å². The number of benzene rings is 3. The highest BCUT2D eigenvalue weighted by atomic mass is 16.5. The van der Waals surface area contributed by atoms with Gasteiger partial charge in [-0.1, -0.05) is 55.5 Å². The summed E-state index contributed by atoms with van der Waals surface area (Å²) in [6.45, 7) is 7.04. The number of urea groups is 1. The molecule has 6 rings (SSSR count). The molecule has 202 valence electrons. The lowest BCUT2D eigenvalue weighted by molar-refractivity contribution is 0.194. The van der Waals surface area contributed by atoms with Gasteiger partial charge in [-0.05, 0) is 73.9 Å². The predicted molar refractivity (Wildman–Crippen MR) is 157 cm³/mol. The third kappa shape index (κ3) is 4.53. The van der Waals surface area contributed by atoms with Crippen molar-refractivity contribution in [1.82, 2.24) is 19.2 Å². The maximum atomic E-state index is 14.3. The Balaban J connectivity index is 1.53. The van der Waals surface area contributed by atoms with Gasteiger partial charge >= 0.3 is 6.03 Å². The topological polar surface area (TPSA) is 64.3 Å². The van der Waals surface area contributed by atoms with Crippen molar-refractivity contribution in [2.75, 3.05) is 11.9 Å².